The molecule has 104 valence electrons. The highest BCUT2D eigenvalue weighted by Crippen LogP contribution is 2.35. The minimum absolute atomic E-state index is 0.00757. The van der Waals surface area contributed by atoms with Crippen LogP contribution in [0.25, 0.3) is 0 Å². The Kier molecular flexibility index (Phi) is 4.67. The topological polar surface area (TPSA) is 59.1 Å². The number of hydrogen-bond donors (Lipinski definition) is 2. The van der Waals surface area contributed by atoms with Gasteiger partial charge in [0.15, 0.2) is 0 Å². The van der Waals surface area contributed by atoms with Gasteiger partial charge in [-0.3, -0.25) is 5.41 Å². The quantitative estimate of drug-likeness (QED) is 0.412. The van der Waals surface area contributed by atoms with E-state index in [4.69, 9.17) is 27.5 Å². The zero-order chi connectivity index (χ0) is 14.9. The second-order valence-electron chi connectivity index (χ2n) is 3.85. The molecule has 20 heavy (non-hydrogen) atoms. The molecule has 0 aliphatic carbocycles. The summed E-state index contributed by atoms with van der Waals surface area (Å²) in [4.78, 5) is 0. The molecule has 2 aromatic rings. The number of benzene rings is 2. The molecule has 0 aliphatic rings. The highest BCUT2D eigenvalue weighted by atomic mass is 79.9. The summed E-state index contributed by atoms with van der Waals surface area (Å²) < 4.78 is 20.3. The fourth-order valence-corrected chi connectivity index (χ4v) is 2.58. The number of amidine groups is 1. The summed E-state index contributed by atoms with van der Waals surface area (Å²) in [6.07, 6.45) is 0. The summed E-state index contributed by atoms with van der Waals surface area (Å²) in [6.45, 7) is 0. The Hall–Kier alpha value is -1.11. The van der Waals surface area contributed by atoms with Crippen LogP contribution in [-0.4, -0.2) is 5.84 Å². The van der Waals surface area contributed by atoms with E-state index in [0.717, 1.165) is 4.47 Å². The molecule has 0 radical (unpaired) electrons. The van der Waals surface area contributed by atoms with Gasteiger partial charge in [0.1, 0.15) is 23.2 Å². The zero-order valence-corrected chi connectivity index (χ0v) is 13.8. The fraction of sp³-hybridized carbons (Fsp3) is 0. The van der Waals surface area contributed by atoms with Crippen LogP contribution in [0.5, 0.6) is 11.5 Å². The van der Waals surface area contributed by atoms with Crippen LogP contribution in [-0.2, 0) is 0 Å². The zero-order valence-electron chi connectivity index (χ0n) is 9.88. The highest BCUT2D eigenvalue weighted by Gasteiger charge is 2.13. The van der Waals surface area contributed by atoms with Gasteiger partial charge in [-0.25, -0.2) is 4.39 Å². The number of rotatable bonds is 3. The van der Waals surface area contributed by atoms with Gasteiger partial charge in [-0.15, -0.1) is 0 Å². The van der Waals surface area contributed by atoms with Gasteiger partial charge < -0.3 is 10.5 Å². The molecule has 0 aromatic heterocycles. The smallest absolute Gasteiger partial charge is 0.145 e. The predicted octanol–water partition coefficient (Wildman–Crippen LogP) is 5.08. The van der Waals surface area contributed by atoms with Crippen molar-refractivity contribution in [3.63, 3.8) is 0 Å². The Bertz CT molecular complexity index is 694. The maximum absolute atomic E-state index is 13.5. The van der Waals surface area contributed by atoms with Crippen molar-refractivity contribution < 1.29 is 9.13 Å². The van der Waals surface area contributed by atoms with Crippen molar-refractivity contribution in [1.82, 2.24) is 0 Å². The summed E-state index contributed by atoms with van der Waals surface area (Å²) in [5.74, 6) is -0.141. The van der Waals surface area contributed by atoms with Crippen LogP contribution < -0.4 is 10.5 Å². The summed E-state index contributed by atoms with van der Waals surface area (Å²) in [5.41, 5.74) is 5.91. The lowest BCUT2D eigenvalue weighted by Gasteiger charge is -2.12. The van der Waals surface area contributed by atoms with Crippen LogP contribution in [0.1, 0.15) is 5.56 Å². The van der Waals surface area contributed by atoms with Crippen molar-refractivity contribution in [3.8, 4) is 11.5 Å². The summed E-state index contributed by atoms with van der Waals surface area (Å²) >= 11 is 12.2. The van der Waals surface area contributed by atoms with Gasteiger partial charge in [-0.2, -0.15) is 0 Å². The molecule has 3 N–H and O–H groups in total. The average molecular weight is 422 g/mol. The Balaban J connectivity index is 2.45. The number of nitrogen functional groups attached to an aromatic ring is 1. The molecular weight excluding hydrogens is 414 g/mol. The molecule has 0 heterocycles. The minimum atomic E-state index is -0.591. The Morgan fingerprint density at radius 2 is 1.90 bits per heavy atom. The van der Waals surface area contributed by atoms with E-state index in [-0.39, 0.29) is 16.6 Å². The van der Waals surface area contributed by atoms with Gasteiger partial charge in [-0.05, 0) is 40.2 Å². The van der Waals surface area contributed by atoms with Crippen molar-refractivity contribution in [2.45, 2.75) is 0 Å². The van der Waals surface area contributed by atoms with Gasteiger partial charge >= 0.3 is 0 Å². The molecule has 0 saturated heterocycles. The first kappa shape index (κ1) is 15.3. The van der Waals surface area contributed by atoms with Gasteiger partial charge in [0, 0.05) is 10.5 Å². The highest BCUT2D eigenvalue weighted by molar-refractivity contribution is 9.10. The first-order valence-corrected chi connectivity index (χ1v) is 7.31. The molecule has 2 rings (SSSR count). The Morgan fingerprint density at radius 1 is 1.20 bits per heavy atom. The number of ether oxygens (including phenoxy) is 1. The van der Waals surface area contributed by atoms with Gasteiger partial charge in [-0.1, -0.05) is 27.5 Å². The van der Waals surface area contributed by atoms with E-state index in [0.29, 0.717) is 15.8 Å². The molecule has 7 heteroatoms. The maximum Gasteiger partial charge on any atom is 0.145 e. The van der Waals surface area contributed by atoms with Crippen molar-refractivity contribution >= 4 is 49.3 Å². The summed E-state index contributed by atoms with van der Waals surface area (Å²) in [7, 11) is 0. The van der Waals surface area contributed by atoms with Gasteiger partial charge in [0.2, 0.25) is 0 Å². The standard InChI is InChI=1S/C13H8Br2ClFN2O/c14-6-1-2-11(7(3-6)13(18)19)20-12-5-10(17)9(16)4-8(12)15/h1-5H,(H3,18,19). The van der Waals surface area contributed by atoms with Crippen LogP contribution in [0.15, 0.2) is 39.3 Å². The molecule has 0 unspecified atom stereocenters. The minimum Gasteiger partial charge on any atom is -0.455 e. The Labute approximate surface area is 136 Å². The SMILES string of the molecule is N=C(N)c1cc(Br)ccc1Oc1cc(F)c(Cl)cc1Br. The maximum atomic E-state index is 13.5. The van der Waals surface area contributed by atoms with E-state index >= 15 is 0 Å². The van der Waals surface area contributed by atoms with Crippen LogP contribution in [0.2, 0.25) is 5.02 Å². The third-order valence-electron chi connectivity index (χ3n) is 2.43. The third-order valence-corrected chi connectivity index (χ3v) is 3.83. The second kappa shape index (κ2) is 6.11. The summed E-state index contributed by atoms with van der Waals surface area (Å²) in [5, 5.41) is 7.53. The molecule has 0 saturated carbocycles. The lowest BCUT2D eigenvalue weighted by atomic mass is 10.2. The Morgan fingerprint density at radius 3 is 2.55 bits per heavy atom. The molecule has 0 bridgehead atoms. The van der Waals surface area contributed by atoms with Crippen LogP contribution in [0.3, 0.4) is 0 Å². The van der Waals surface area contributed by atoms with Crippen LogP contribution in [0.4, 0.5) is 4.39 Å². The van der Waals surface area contributed by atoms with E-state index in [1.165, 1.54) is 12.1 Å². The van der Waals surface area contributed by atoms with Crippen molar-refractivity contribution in [2.75, 3.05) is 0 Å². The second-order valence-corrected chi connectivity index (χ2v) is 6.03. The molecule has 0 fully saturated rings. The predicted molar refractivity (Wildman–Crippen MR) is 84.3 cm³/mol. The van der Waals surface area contributed by atoms with E-state index < -0.39 is 5.82 Å². The molecule has 3 nitrogen and oxygen atoms in total. The van der Waals surface area contributed by atoms with E-state index in [1.54, 1.807) is 18.2 Å². The fourth-order valence-electron chi connectivity index (χ4n) is 1.50. The molecular formula is C13H8Br2ClFN2O. The van der Waals surface area contributed by atoms with Crippen LogP contribution >= 0.6 is 43.5 Å². The lowest BCUT2D eigenvalue weighted by Crippen LogP contribution is -2.12. The van der Waals surface area contributed by atoms with Gasteiger partial charge in [0.05, 0.1) is 15.1 Å². The van der Waals surface area contributed by atoms with Crippen molar-refractivity contribution in [1.29, 1.82) is 5.41 Å². The number of halogens is 4. The molecule has 0 spiro atoms. The normalized spacial score (nSPS) is 10.4. The van der Waals surface area contributed by atoms with Crippen LogP contribution in [0, 0.1) is 11.2 Å². The monoisotopic (exact) mass is 420 g/mol. The summed E-state index contributed by atoms with van der Waals surface area (Å²) in [6, 6.07) is 7.59. The lowest BCUT2D eigenvalue weighted by molar-refractivity contribution is 0.472. The first-order valence-electron chi connectivity index (χ1n) is 5.35. The van der Waals surface area contributed by atoms with Crippen molar-refractivity contribution in [3.05, 3.63) is 55.7 Å². The largest absolute Gasteiger partial charge is 0.455 e. The van der Waals surface area contributed by atoms with E-state index in [1.807, 2.05) is 0 Å². The molecule has 0 aliphatic heterocycles. The molecule has 0 atom stereocenters. The number of nitrogens with one attached hydrogen (secondary N) is 1. The number of nitrogens with two attached hydrogens (primary N) is 1. The number of hydrogen-bond acceptors (Lipinski definition) is 2. The van der Waals surface area contributed by atoms with Crippen molar-refractivity contribution in [2.24, 2.45) is 5.73 Å². The van der Waals surface area contributed by atoms with E-state index in [2.05, 4.69) is 31.9 Å². The van der Waals surface area contributed by atoms with Gasteiger partial charge in [0.25, 0.3) is 0 Å². The average Bonchev–Trinajstić information content (AvgIpc) is 2.37. The third kappa shape index (κ3) is 3.31. The molecule has 2 aromatic carbocycles. The molecule has 0 amide bonds. The van der Waals surface area contributed by atoms with E-state index in [9.17, 15) is 4.39 Å². The first-order chi connectivity index (χ1) is 9.38.